The maximum Gasteiger partial charge on any atom is 0.274 e. The molecule has 2 rings (SSSR count). The molecule has 0 saturated heterocycles. The average molecular weight is 360 g/mol. The van der Waals surface area contributed by atoms with Gasteiger partial charge in [0.25, 0.3) is 11.8 Å². The van der Waals surface area contributed by atoms with Crippen molar-refractivity contribution in [3.8, 4) is 0 Å². The van der Waals surface area contributed by atoms with Crippen LogP contribution < -0.4 is 5.32 Å². The van der Waals surface area contributed by atoms with E-state index in [1.807, 2.05) is 13.0 Å². The summed E-state index contributed by atoms with van der Waals surface area (Å²) in [6, 6.07) is 8.41. The second kappa shape index (κ2) is 8.62. The third-order valence-electron chi connectivity index (χ3n) is 3.86. The third kappa shape index (κ3) is 5.03. The summed E-state index contributed by atoms with van der Waals surface area (Å²) in [6.07, 6.45) is 3.42. The van der Waals surface area contributed by atoms with Gasteiger partial charge in [-0.2, -0.15) is 0 Å². The normalized spacial score (nSPS) is 10.4. The van der Waals surface area contributed by atoms with Crippen molar-refractivity contribution in [3.63, 3.8) is 0 Å². The number of nitrogens with zero attached hydrogens (tertiary/aromatic N) is 2. The van der Waals surface area contributed by atoms with E-state index in [-0.39, 0.29) is 17.5 Å². The number of aryl methyl sites for hydroxylation is 1. The minimum atomic E-state index is -0.384. The molecule has 6 heteroatoms. The lowest BCUT2D eigenvalue weighted by Gasteiger charge is -2.17. The van der Waals surface area contributed by atoms with E-state index < -0.39 is 0 Å². The minimum absolute atomic E-state index is 0.122. The van der Waals surface area contributed by atoms with Crippen LogP contribution >= 0.6 is 11.6 Å². The van der Waals surface area contributed by atoms with E-state index in [1.54, 1.807) is 30.1 Å². The van der Waals surface area contributed by atoms with Gasteiger partial charge >= 0.3 is 0 Å². The Morgan fingerprint density at radius 1 is 1.24 bits per heavy atom. The van der Waals surface area contributed by atoms with Gasteiger partial charge in [0, 0.05) is 36.1 Å². The van der Waals surface area contributed by atoms with Crippen LogP contribution in [0.4, 0.5) is 5.69 Å². The Bertz CT molecular complexity index is 777. The molecule has 0 aliphatic heterocycles. The zero-order valence-electron chi connectivity index (χ0n) is 14.7. The minimum Gasteiger partial charge on any atom is -0.342 e. The van der Waals surface area contributed by atoms with Gasteiger partial charge in [-0.3, -0.25) is 14.6 Å². The lowest BCUT2D eigenvalue weighted by Crippen LogP contribution is -2.28. The van der Waals surface area contributed by atoms with Crippen LogP contribution in [0.1, 0.15) is 46.2 Å². The molecule has 2 aromatic rings. The zero-order chi connectivity index (χ0) is 18.4. The SMILES string of the molecule is CCCCN(C)C(=O)c1ccnc(C(=O)Nc2ccc(C)c(Cl)c2)c1. The van der Waals surface area contributed by atoms with E-state index in [4.69, 9.17) is 11.6 Å². The highest BCUT2D eigenvalue weighted by atomic mass is 35.5. The molecule has 2 amide bonds. The number of carbonyl (C=O) groups excluding carboxylic acids is 2. The Morgan fingerprint density at radius 3 is 2.68 bits per heavy atom. The van der Waals surface area contributed by atoms with Gasteiger partial charge in [-0.05, 0) is 43.2 Å². The van der Waals surface area contributed by atoms with Crippen LogP contribution in [0.2, 0.25) is 5.02 Å². The summed E-state index contributed by atoms with van der Waals surface area (Å²) in [6.45, 7) is 4.64. The highest BCUT2D eigenvalue weighted by molar-refractivity contribution is 6.31. The van der Waals surface area contributed by atoms with E-state index in [1.165, 1.54) is 12.3 Å². The fourth-order valence-corrected chi connectivity index (χ4v) is 2.45. The lowest BCUT2D eigenvalue weighted by atomic mass is 10.2. The number of carbonyl (C=O) groups is 2. The van der Waals surface area contributed by atoms with Gasteiger partial charge in [0.05, 0.1) is 0 Å². The predicted octanol–water partition coefficient (Wildman–Crippen LogP) is 4.17. The van der Waals surface area contributed by atoms with Gasteiger partial charge < -0.3 is 10.2 Å². The number of hydrogen-bond acceptors (Lipinski definition) is 3. The Labute approximate surface area is 153 Å². The summed E-state index contributed by atoms with van der Waals surface area (Å²) in [4.78, 5) is 30.5. The quantitative estimate of drug-likeness (QED) is 0.842. The van der Waals surface area contributed by atoms with Crippen LogP contribution in [0.15, 0.2) is 36.5 Å². The molecule has 0 spiro atoms. The molecule has 1 N–H and O–H groups in total. The monoisotopic (exact) mass is 359 g/mol. The Balaban J connectivity index is 2.13. The Morgan fingerprint density at radius 2 is 2.00 bits per heavy atom. The van der Waals surface area contributed by atoms with Gasteiger partial charge in [-0.25, -0.2) is 0 Å². The summed E-state index contributed by atoms with van der Waals surface area (Å²) in [5.74, 6) is -0.505. The van der Waals surface area contributed by atoms with Crippen molar-refractivity contribution in [2.75, 3.05) is 18.9 Å². The first-order valence-electron chi connectivity index (χ1n) is 8.21. The standard InChI is InChI=1S/C19H22ClN3O2/c1-4-5-10-23(3)19(25)14-8-9-21-17(11-14)18(24)22-15-7-6-13(2)16(20)12-15/h6-9,11-12H,4-5,10H2,1-3H3,(H,22,24). The van der Waals surface area contributed by atoms with Crippen LogP contribution in [0, 0.1) is 6.92 Å². The summed E-state index contributed by atoms with van der Waals surface area (Å²) in [5.41, 5.74) is 2.15. The first-order valence-corrected chi connectivity index (χ1v) is 8.59. The highest BCUT2D eigenvalue weighted by Gasteiger charge is 2.15. The first-order chi connectivity index (χ1) is 11.9. The van der Waals surface area contributed by atoms with E-state index in [0.29, 0.717) is 22.8 Å². The molecule has 1 aromatic carbocycles. The number of pyridine rings is 1. The van der Waals surface area contributed by atoms with Crippen LogP contribution in [0.25, 0.3) is 0 Å². The number of rotatable bonds is 6. The molecular weight excluding hydrogens is 338 g/mol. The van der Waals surface area contributed by atoms with Crippen molar-refractivity contribution in [2.45, 2.75) is 26.7 Å². The predicted molar refractivity (Wildman–Crippen MR) is 100 cm³/mol. The molecule has 0 saturated carbocycles. The Kier molecular flexibility index (Phi) is 6.53. The molecule has 0 aliphatic carbocycles. The van der Waals surface area contributed by atoms with Crippen LogP contribution in [0.5, 0.6) is 0 Å². The number of aromatic nitrogens is 1. The van der Waals surface area contributed by atoms with Gasteiger partial charge in [-0.15, -0.1) is 0 Å². The topological polar surface area (TPSA) is 62.3 Å². The fourth-order valence-electron chi connectivity index (χ4n) is 2.27. The molecule has 1 aromatic heterocycles. The van der Waals surface area contributed by atoms with Crippen molar-refractivity contribution >= 4 is 29.1 Å². The molecular formula is C19H22ClN3O2. The van der Waals surface area contributed by atoms with Gasteiger partial charge in [0.15, 0.2) is 0 Å². The van der Waals surface area contributed by atoms with E-state index in [2.05, 4.69) is 17.2 Å². The molecule has 25 heavy (non-hydrogen) atoms. The van der Waals surface area contributed by atoms with E-state index in [0.717, 1.165) is 18.4 Å². The number of benzene rings is 1. The number of hydrogen-bond donors (Lipinski definition) is 1. The average Bonchev–Trinajstić information content (AvgIpc) is 2.62. The highest BCUT2D eigenvalue weighted by Crippen LogP contribution is 2.20. The number of anilines is 1. The number of amides is 2. The molecule has 0 atom stereocenters. The third-order valence-corrected chi connectivity index (χ3v) is 4.27. The van der Waals surface area contributed by atoms with Crippen LogP contribution in [-0.4, -0.2) is 35.3 Å². The Hall–Kier alpha value is -2.40. The van der Waals surface area contributed by atoms with Crippen LogP contribution in [0.3, 0.4) is 0 Å². The molecule has 132 valence electrons. The molecule has 1 heterocycles. The summed E-state index contributed by atoms with van der Waals surface area (Å²) >= 11 is 6.07. The molecule has 0 fully saturated rings. The van der Waals surface area contributed by atoms with Gasteiger partial charge in [-0.1, -0.05) is 31.0 Å². The van der Waals surface area contributed by atoms with E-state index >= 15 is 0 Å². The summed E-state index contributed by atoms with van der Waals surface area (Å²) in [7, 11) is 1.76. The van der Waals surface area contributed by atoms with Gasteiger partial charge in [0.1, 0.15) is 5.69 Å². The van der Waals surface area contributed by atoms with E-state index in [9.17, 15) is 9.59 Å². The van der Waals surface area contributed by atoms with Crippen LogP contribution in [-0.2, 0) is 0 Å². The second-order valence-electron chi connectivity index (χ2n) is 5.93. The summed E-state index contributed by atoms with van der Waals surface area (Å²) in [5, 5.41) is 3.32. The largest absolute Gasteiger partial charge is 0.342 e. The second-order valence-corrected chi connectivity index (χ2v) is 6.34. The van der Waals surface area contributed by atoms with Crippen molar-refractivity contribution in [1.82, 2.24) is 9.88 Å². The zero-order valence-corrected chi connectivity index (χ0v) is 15.4. The number of unbranched alkanes of at least 4 members (excludes halogenated alkanes) is 1. The van der Waals surface area contributed by atoms with Crippen molar-refractivity contribution in [2.24, 2.45) is 0 Å². The molecule has 0 bridgehead atoms. The maximum absolute atomic E-state index is 12.4. The lowest BCUT2D eigenvalue weighted by molar-refractivity contribution is 0.0793. The molecule has 5 nitrogen and oxygen atoms in total. The molecule has 0 unspecified atom stereocenters. The molecule has 0 aliphatic rings. The fraction of sp³-hybridized carbons (Fsp3) is 0.316. The first kappa shape index (κ1) is 18.9. The maximum atomic E-state index is 12.4. The van der Waals surface area contributed by atoms with Crippen molar-refractivity contribution in [3.05, 3.63) is 58.4 Å². The van der Waals surface area contributed by atoms with Crippen molar-refractivity contribution in [1.29, 1.82) is 0 Å². The summed E-state index contributed by atoms with van der Waals surface area (Å²) < 4.78 is 0. The van der Waals surface area contributed by atoms with Gasteiger partial charge in [0.2, 0.25) is 0 Å². The van der Waals surface area contributed by atoms with Crippen molar-refractivity contribution < 1.29 is 9.59 Å². The molecule has 0 radical (unpaired) electrons. The number of nitrogens with one attached hydrogen (secondary N) is 1. The smallest absolute Gasteiger partial charge is 0.274 e. The number of halogens is 1.